The summed E-state index contributed by atoms with van der Waals surface area (Å²) in [6.45, 7) is 0. The average Bonchev–Trinajstić information content (AvgIpc) is 2.81. The number of anilines is 2. The predicted octanol–water partition coefficient (Wildman–Crippen LogP) is 4.94. The normalized spacial score (nSPS) is 11.0. The number of carbonyl (C=O) groups is 1. The molecule has 4 aromatic rings. The summed E-state index contributed by atoms with van der Waals surface area (Å²) < 4.78 is 40.9. The molecule has 0 aliphatic carbocycles. The van der Waals surface area contributed by atoms with Gasteiger partial charge < -0.3 is 5.32 Å². The number of nitrogens with zero attached hydrogens (tertiary/aromatic N) is 1. The Morgan fingerprint density at radius 2 is 1.47 bits per heavy atom. The van der Waals surface area contributed by atoms with Crippen LogP contribution >= 0.6 is 0 Å². The molecule has 0 saturated carbocycles. The predicted molar refractivity (Wildman–Crippen MR) is 121 cm³/mol. The molecule has 0 atom stereocenters. The summed E-state index contributed by atoms with van der Waals surface area (Å²) in [5, 5.41) is 2.68. The first-order chi connectivity index (χ1) is 15.4. The summed E-state index contributed by atoms with van der Waals surface area (Å²) in [6, 6.07) is 24.0. The Bertz CT molecular complexity index is 1340. The van der Waals surface area contributed by atoms with E-state index in [0.717, 1.165) is 17.2 Å². The van der Waals surface area contributed by atoms with Gasteiger partial charge in [0, 0.05) is 17.3 Å². The minimum absolute atomic E-state index is 0.0948. The van der Waals surface area contributed by atoms with E-state index in [9.17, 15) is 17.6 Å². The number of rotatable bonds is 6. The Balaban J connectivity index is 1.44. The zero-order valence-electron chi connectivity index (χ0n) is 16.7. The number of nitrogens with one attached hydrogen (secondary N) is 2. The van der Waals surface area contributed by atoms with Crippen LogP contribution in [0.25, 0.3) is 11.1 Å². The van der Waals surface area contributed by atoms with E-state index in [1.54, 1.807) is 12.3 Å². The molecule has 0 bridgehead atoms. The molecule has 4 rings (SSSR count). The lowest BCUT2D eigenvalue weighted by Crippen LogP contribution is -2.15. The van der Waals surface area contributed by atoms with Crippen LogP contribution < -0.4 is 10.0 Å². The first-order valence-corrected chi connectivity index (χ1v) is 11.1. The van der Waals surface area contributed by atoms with Crippen LogP contribution in [0.5, 0.6) is 0 Å². The van der Waals surface area contributed by atoms with E-state index in [0.29, 0.717) is 5.82 Å². The fourth-order valence-electron chi connectivity index (χ4n) is 2.99. The van der Waals surface area contributed by atoms with Crippen LogP contribution in [0.15, 0.2) is 102 Å². The topological polar surface area (TPSA) is 88.2 Å². The summed E-state index contributed by atoms with van der Waals surface area (Å²) in [5.74, 6) is -0.749. The molecule has 0 radical (unpaired) electrons. The molecule has 1 aromatic heterocycles. The van der Waals surface area contributed by atoms with Gasteiger partial charge in [0.05, 0.1) is 10.6 Å². The number of para-hydroxylation sites is 1. The van der Waals surface area contributed by atoms with Crippen molar-refractivity contribution < 1.29 is 17.6 Å². The van der Waals surface area contributed by atoms with Crippen molar-refractivity contribution in [3.05, 3.63) is 109 Å². The van der Waals surface area contributed by atoms with Crippen LogP contribution in [-0.2, 0) is 10.0 Å². The molecule has 0 unspecified atom stereocenters. The van der Waals surface area contributed by atoms with E-state index in [1.807, 2.05) is 36.4 Å². The Hall–Kier alpha value is -4.04. The third-order valence-electron chi connectivity index (χ3n) is 4.66. The van der Waals surface area contributed by atoms with Crippen molar-refractivity contribution in [3.63, 3.8) is 0 Å². The number of carbonyl (C=O) groups excluding carboxylic acids is 1. The van der Waals surface area contributed by atoms with Gasteiger partial charge in [-0.2, -0.15) is 0 Å². The van der Waals surface area contributed by atoms with Gasteiger partial charge in [0.15, 0.2) is 0 Å². The lowest BCUT2D eigenvalue weighted by Gasteiger charge is -2.10. The first kappa shape index (κ1) is 21.2. The van der Waals surface area contributed by atoms with Crippen LogP contribution in [0.4, 0.5) is 15.9 Å². The van der Waals surface area contributed by atoms with E-state index >= 15 is 0 Å². The maximum absolute atomic E-state index is 13.7. The van der Waals surface area contributed by atoms with Crippen molar-refractivity contribution in [2.75, 3.05) is 10.0 Å². The smallest absolute Gasteiger partial charge is 0.261 e. The zero-order chi connectivity index (χ0) is 22.6. The maximum Gasteiger partial charge on any atom is 0.261 e. The first-order valence-electron chi connectivity index (χ1n) is 9.63. The number of amides is 1. The quantitative estimate of drug-likeness (QED) is 0.438. The van der Waals surface area contributed by atoms with Crippen molar-refractivity contribution in [1.82, 2.24) is 4.98 Å². The van der Waals surface area contributed by atoms with E-state index in [-0.39, 0.29) is 16.1 Å². The van der Waals surface area contributed by atoms with Crippen LogP contribution in [0.3, 0.4) is 0 Å². The average molecular weight is 447 g/mol. The molecule has 0 aliphatic rings. The van der Waals surface area contributed by atoms with Gasteiger partial charge >= 0.3 is 0 Å². The van der Waals surface area contributed by atoms with Gasteiger partial charge in [-0.1, -0.05) is 42.5 Å². The Labute approximate surface area is 184 Å². The molecule has 0 fully saturated rings. The third-order valence-corrected chi connectivity index (χ3v) is 6.04. The summed E-state index contributed by atoms with van der Waals surface area (Å²) in [6.07, 6.45) is 1.66. The van der Waals surface area contributed by atoms with E-state index in [1.165, 1.54) is 42.5 Å². The number of sulfonamides is 1. The van der Waals surface area contributed by atoms with Crippen molar-refractivity contribution in [2.45, 2.75) is 4.90 Å². The Morgan fingerprint density at radius 1 is 0.781 bits per heavy atom. The standard InChI is InChI=1S/C24H18FN3O3S/c25-21-8-4-5-9-22(21)28-32(30,31)20-13-10-18(11-14-20)24(29)27-23-15-12-19(16-26-23)17-6-2-1-3-7-17/h1-16,28H,(H,26,27,29). The second kappa shape index (κ2) is 8.99. The van der Waals surface area contributed by atoms with Gasteiger partial charge in [-0.15, -0.1) is 0 Å². The van der Waals surface area contributed by atoms with Gasteiger partial charge in [0.25, 0.3) is 15.9 Å². The van der Waals surface area contributed by atoms with Gasteiger partial charge in [-0.3, -0.25) is 9.52 Å². The molecule has 0 saturated heterocycles. The molecule has 160 valence electrons. The fraction of sp³-hybridized carbons (Fsp3) is 0. The molecular formula is C24H18FN3O3S. The summed E-state index contributed by atoms with van der Waals surface area (Å²) in [5.41, 5.74) is 2.03. The van der Waals surface area contributed by atoms with Gasteiger partial charge in [-0.05, 0) is 54.1 Å². The van der Waals surface area contributed by atoms with Crippen LogP contribution in [-0.4, -0.2) is 19.3 Å². The SMILES string of the molecule is O=C(Nc1ccc(-c2ccccc2)cn1)c1ccc(S(=O)(=O)Nc2ccccc2F)cc1. The zero-order valence-corrected chi connectivity index (χ0v) is 17.5. The monoisotopic (exact) mass is 447 g/mol. The van der Waals surface area contributed by atoms with Crippen LogP contribution in [0, 0.1) is 5.82 Å². The van der Waals surface area contributed by atoms with Crippen LogP contribution in [0.2, 0.25) is 0 Å². The number of aromatic nitrogens is 1. The molecule has 6 nitrogen and oxygen atoms in total. The number of hydrogen-bond acceptors (Lipinski definition) is 4. The highest BCUT2D eigenvalue weighted by molar-refractivity contribution is 7.92. The van der Waals surface area contributed by atoms with Gasteiger partial charge in [-0.25, -0.2) is 17.8 Å². The Kier molecular flexibility index (Phi) is 5.96. The molecule has 1 amide bonds. The highest BCUT2D eigenvalue weighted by atomic mass is 32.2. The van der Waals surface area contributed by atoms with Crippen molar-refractivity contribution in [2.24, 2.45) is 0 Å². The van der Waals surface area contributed by atoms with Crippen molar-refractivity contribution in [3.8, 4) is 11.1 Å². The van der Waals surface area contributed by atoms with Crippen molar-refractivity contribution >= 4 is 27.4 Å². The number of hydrogen-bond donors (Lipinski definition) is 2. The molecule has 8 heteroatoms. The van der Waals surface area contributed by atoms with E-state index in [2.05, 4.69) is 15.0 Å². The molecule has 1 heterocycles. The lowest BCUT2D eigenvalue weighted by molar-refractivity contribution is 0.102. The van der Waals surface area contributed by atoms with Crippen molar-refractivity contribution in [1.29, 1.82) is 0 Å². The molecule has 3 aromatic carbocycles. The second-order valence-electron chi connectivity index (χ2n) is 6.86. The van der Waals surface area contributed by atoms with E-state index in [4.69, 9.17) is 0 Å². The Morgan fingerprint density at radius 3 is 2.12 bits per heavy atom. The fourth-order valence-corrected chi connectivity index (χ4v) is 4.06. The third kappa shape index (κ3) is 4.81. The minimum atomic E-state index is -4.00. The summed E-state index contributed by atoms with van der Waals surface area (Å²) in [7, 11) is -4.00. The van der Waals surface area contributed by atoms with Gasteiger partial charge in [0.2, 0.25) is 0 Å². The molecule has 2 N–H and O–H groups in total. The highest BCUT2D eigenvalue weighted by Crippen LogP contribution is 2.21. The largest absolute Gasteiger partial charge is 0.307 e. The molecule has 32 heavy (non-hydrogen) atoms. The number of halogens is 1. The highest BCUT2D eigenvalue weighted by Gasteiger charge is 2.17. The molecule has 0 aliphatic heterocycles. The second-order valence-corrected chi connectivity index (χ2v) is 8.54. The van der Waals surface area contributed by atoms with E-state index < -0.39 is 21.7 Å². The molecule has 0 spiro atoms. The minimum Gasteiger partial charge on any atom is -0.307 e. The summed E-state index contributed by atoms with van der Waals surface area (Å²) in [4.78, 5) is 16.7. The number of pyridine rings is 1. The van der Waals surface area contributed by atoms with Crippen LogP contribution in [0.1, 0.15) is 10.4 Å². The summed E-state index contributed by atoms with van der Waals surface area (Å²) >= 11 is 0. The van der Waals surface area contributed by atoms with Gasteiger partial charge in [0.1, 0.15) is 11.6 Å². The molecular weight excluding hydrogens is 429 g/mol. The number of benzene rings is 3. The maximum atomic E-state index is 13.7. The lowest BCUT2D eigenvalue weighted by atomic mass is 10.1.